The summed E-state index contributed by atoms with van der Waals surface area (Å²) in [6, 6.07) is 6.46. The van der Waals surface area contributed by atoms with Gasteiger partial charge in [0.15, 0.2) is 0 Å². The van der Waals surface area contributed by atoms with Crippen LogP contribution >= 0.6 is 11.6 Å². The first-order valence-corrected chi connectivity index (χ1v) is 13.7. The van der Waals surface area contributed by atoms with Gasteiger partial charge in [0.2, 0.25) is 10.0 Å². The standard InChI is InChI=1S/C23H32ClN3O4S/c24-17-4-7-20(8-5-17)32(29,30)27-19-6-9-21(27)22(16-19)31-23(28)26-14-10-18(11-15-26)25-12-2-1-3-13-25/h4-5,7-8,18-19,21-22H,1-3,6,9-16H2/t19-,21?,22?/m1/s1. The summed E-state index contributed by atoms with van der Waals surface area (Å²) >= 11 is 5.93. The van der Waals surface area contributed by atoms with E-state index in [1.54, 1.807) is 28.6 Å². The maximum absolute atomic E-state index is 13.3. The number of carbonyl (C=O) groups excluding carboxylic acids is 1. The summed E-state index contributed by atoms with van der Waals surface area (Å²) in [7, 11) is -3.64. The van der Waals surface area contributed by atoms with E-state index in [9.17, 15) is 13.2 Å². The molecule has 0 N–H and O–H groups in total. The predicted octanol–water partition coefficient (Wildman–Crippen LogP) is 3.72. The molecule has 3 atom stereocenters. The van der Waals surface area contributed by atoms with Gasteiger partial charge in [-0.05, 0) is 75.9 Å². The van der Waals surface area contributed by atoms with Gasteiger partial charge in [0.25, 0.3) is 0 Å². The number of ether oxygens (including phenoxy) is 1. The van der Waals surface area contributed by atoms with Gasteiger partial charge >= 0.3 is 6.09 Å². The normalized spacial score (nSPS) is 30.0. The number of fused-ring (bicyclic) bond motifs is 2. The number of nitrogens with zero attached hydrogens (tertiary/aromatic N) is 3. The second kappa shape index (κ2) is 9.12. The fraction of sp³-hybridized carbons (Fsp3) is 0.696. The Balaban J connectivity index is 1.19. The van der Waals surface area contributed by atoms with E-state index >= 15 is 0 Å². The maximum atomic E-state index is 13.3. The van der Waals surface area contributed by atoms with E-state index < -0.39 is 10.0 Å². The third-order valence-electron chi connectivity index (χ3n) is 7.69. The third-order valence-corrected chi connectivity index (χ3v) is 9.93. The molecule has 32 heavy (non-hydrogen) atoms. The lowest BCUT2D eigenvalue weighted by Crippen LogP contribution is -2.49. The van der Waals surface area contributed by atoms with Gasteiger partial charge in [-0.15, -0.1) is 0 Å². The average Bonchev–Trinajstić information content (AvgIpc) is 3.39. The number of hydrogen-bond donors (Lipinski definition) is 0. The molecule has 7 nitrogen and oxygen atoms in total. The number of piperidine rings is 2. The highest BCUT2D eigenvalue weighted by Gasteiger charge is 2.54. The first kappa shape index (κ1) is 22.4. The minimum absolute atomic E-state index is 0.108. The summed E-state index contributed by atoms with van der Waals surface area (Å²) in [6.45, 7) is 3.79. The SMILES string of the molecule is O=C(OC1C[C@H]2CCC1N2S(=O)(=O)c1ccc(Cl)cc1)N1CCC(N2CCCCC2)CC1. The van der Waals surface area contributed by atoms with E-state index in [-0.39, 0.29) is 29.2 Å². The molecule has 1 aromatic carbocycles. The molecule has 0 radical (unpaired) electrons. The van der Waals surface area contributed by atoms with Crippen LogP contribution in [-0.4, -0.2) is 79.0 Å². The van der Waals surface area contributed by atoms with Crippen LogP contribution in [0.25, 0.3) is 0 Å². The molecule has 5 rings (SSSR count). The Hall–Kier alpha value is -1.35. The van der Waals surface area contributed by atoms with Crippen LogP contribution in [0.15, 0.2) is 29.2 Å². The van der Waals surface area contributed by atoms with Crippen LogP contribution in [-0.2, 0) is 14.8 Å². The van der Waals surface area contributed by atoms with Gasteiger partial charge in [0.1, 0.15) is 6.10 Å². The van der Waals surface area contributed by atoms with Gasteiger partial charge in [0.05, 0.1) is 10.9 Å². The zero-order chi connectivity index (χ0) is 22.3. The molecule has 4 heterocycles. The van der Waals surface area contributed by atoms with Gasteiger partial charge in [-0.2, -0.15) is 4.31 Å². The van der Waals surface area contributed by atoms with E-state index in [0.29, 0.717) is 30.6 Å². The first-order valence-electron chi connectivity index (χ1n) is 11.9. The highest BCUT2D eigenvalue weighted by atomic mass is 35.5. The Kier molecular flexibility index (Phi) is 6.40. The summed E-state index contributed by atoms with van der Waals surface area (Å²) in [6.07, 6.45) is 7.32. The van der Waals surface area contributed by atoms with E-state index in [2.05, 4.69) is 4.90 Å². The Labute approximate surface area is 195 Å². The van der Waals surface area contributed by atoms with Crippen molar-refractivity contribution in [3.05, 3.63) is 29.3 Å². The van der Waals surface area contributed by atoms with Crippen molar-refractivity contribution in [2.45, 2.75) is 80.5 Å². The molecule has 0 spiro atoms. The molecule has 0 aliphatic carbocycles. The number of likely N-dealkylation sites (tertiary alicyclic amines) is 2. The molecule has 4 aliphatic heterocycles. The van der Waals surface area contributed by atoms with Crippen LogP contribution in [0, 0.1) is 0 Å². The molecule has 9 heteroatoms. The molecule has 4 fully saturated rings. The lowest BCUT2D eigenvalue weighted by Gasteiger charge is -2.40. The van der Waals surface area contributed by atoms with Gasteiger partial charge in [-0.3, -0.25) is 0 Å². The molecule has 0 aromatic heterocycles. The largest absolute Gasteiger partial charge is 0.444 e. The molecule has 4 aliphatic rings. The molecule has 2 unspecified atom stereocenters. The fourth-order valence-electron chi connectivity index (χ4n) is 6.02. The van der Waals surface area contributed by atoms with E-state index in [1.165, 1.54) is 32.4 Å². The van der Waals surface area contributed by atoms with E-state index in [4.69, 9.17) is 16.3 Å². The number of hydrogen-bond acceptors (Lipinski definition) is 5. The van der Waals surface area contributed by atoms with Crippen LogP contribution < -0.4 is 0 Å². The van der Waals surface area contributed by atoms with Crippen molar-refractivity contribution >= 4 is 27.7 Å². The maximum Gasteiger partial charge on any atom is 0.410 e. The lowest BCUT2D eigenvalue weighted by atomic mass is 9.98. The summed E-state index contributed by atoms with van der Waals surface area (Å²) < 4.78 is 34.0. The van der Waals surface area contributed by atoms with Crippen molar-refractivity contribution in [1.82, 2.24) is 14.1 Å². The zero-order valence-electron chi connectivity index (χ0n) is 18.4. The molecule has 4 saturated heterocycles. The Bertz CT molecular complexity index is 927. The van der Waals surface area contributed by atoms with E-state index in [1.807, 2.05) is 4.90 Å². The van der Waals surface area contributed by atoms with Crippen LogP contribution in [0.2, 0.25) is 5.02 Å². The van der Waals surface area contributed by atoms with Crippen molar-refractivity contribution < 1.29 is 17.9 Å². The highest BCUT2D eigenvalue weighted by Crippen LogP contribution is 2.43. The first-order chi connectivity index (χ1) is 15.4. The average molecular weight is 482 g/mol. The monoisotopic (exact) mass is 481 g/mol. The zero-order valence-corrected chi connectivity index (χ0v) is 19.9. The molecule has 176 valence electrons. The van der Waals surface area contributed by atoms with Crippen molar-refractivity contribution in [2.24, 2.45) is 0 Å². The quantitative estimate of drug-likeness (QED) is 0.655. The van der Waals surface area contributed by atoms with Crippen LogP contribution in [0.1, 0.15) is 51.4 Å². The third kappa shape index (κ3) is 4.27. The predicted molar refractivity (Wildman–Crippen MR) is 122 cm³/mol. The van der Waals surface area contributed by atoms with Gasteiger partial charge in [-0.25, -0.2) is 13.2 Å². The summed E-state index contributed by atoms with van der Waals surface area (Å²) in [5.74, 6) is 0. The molecule has 1 aromatic rings. The van der Waals surface area contributed by atoms with Gasteiger partial charge in [-0.1, -0.05) is 18.0 Å². The lowest BCUT2D eigenvalue weighted by molar-refractivity contribution is 0.0323. The van der Waals surface area contributed by atoms with Crippen molar-refractivity contribution in [2.75, 3.05) is 26.2 Å². The smallest absolute Gasteiger partial charge is 0.410 e. The van der Waals surface area contributed by atoms with Crippen LogP contribution in [0.5, 0.6) is 0 Å². The van der Waals surface area contributed by atoms with E-state index in [0.717, 1.165) is 25.7 Å². The molecular formula is C23H32ClN3O4S. The van der Waals surface area contributed by atoms with Crippen molar-refractivity contribution in [3.8, 4) is 0 Å². The second-order valence-corrected chi connectivity index (χ2v) is 11.8. The number of benzene rings is 1. The minimum atomic E-state index is -3.64. The molecule has 1 amide bonds. The topological polar surface area (TPSA) is 70.2 Å². The van der Waals surface area contributed by atoms with Crippen LogP contribution in [0.3, 0.4) is 0 Å². The molecule has 0 saturated carbocycles. The molecule has 2 bridgehead atoms. The fourth-order valence-corrected chi connectivity index (χ4v) is 8.05. The second-order valence-electron chi connectivity index (χ2n) is 9.56. The van der Waals surface area contributed by atoms with Crippen molar-refractivity contribution in [3.63, 3.8) is 0 Å². The number of rotatable bonds is 4. The highest BCUT2D eigenvalue weighted by molar-refractivity contribution is 7.89. The molecular weight excluding hydrogens is 450 g/mol. The number of carbonyl (C=O) groups is 1. The van der Waals surface area contributed by atoms with Gasteiger partial charge < -0.3 is 14.5 Å². The number of amides is 1. The summed E-state index contributed by atoms with van der Waals surface area (Å²) in [4.78, 5) is 17.5. The van der Waals surface area contributed by atoms with Gasteiger partial charge in [0, 0.05) is 36.6 Å². The van der Waals surface area contributed by atoms with Crippen molar-refractivity contribution in [1.29, 1.82) is 0 Å². The number of sulfonamides is 1. The van der Waals surface area contributed by atoms with Crippen LogP contribution in [0.4, 0.5) is 4.79 Å². The summed E-state index contributed by atoms with van der Waals surface area (Å²) in [5, 5.41) is 0.504. The Morgan fingerprint density at radius 3 is 2.28 bits per heavy atom. The summed E-state index contributed by atoms with van der Waals surface area (Å²) in [5.41, 5.74) is 0. The number of halogens is 1. The Morgan fingerprint density at radius 2 is 1.59 bits per heavy atom. The Morgan fingerprint density at radius 1 is 0.906 bits per heavy atom. The minimum Gasteiger partial charge on any atom is -0.444 e.